The maximum absolute atomic E-state index is 13.5. The third-order valence-electron chi connectivity index (χ3n) is 6.19. The number of carbonyl (C=O) groups excluding carboxylic acids is 2. The van der Waals surface area contributed by atoms with Gasteiger partial charge in [0.05, 0.1) is 30.7 Å². The first-order valence-corrected chi connectivity index (χ1v) is 10.6. The number of fused-ring (bicyclic) bond motifs is 1. The summed E-state index contributed by atoms with van der Waals surface area (Å²) in [5, 5.41) is 9.56. The van der Waals surface area contributed by atoms with Crippen LogP contribution in [0.4, 0.5) is 0 Å². The Labute approximate surface area is 171 Å². The molecule has 0 aromatic heterocycles. The van der Waals surface area contributed by atoms with Gasteiger partial charge in [0.25, 0.3) is 5.91 Å². The molecule has 0 radical (unpaired) electrons. The van der Waals surface area contributed by atoms with Crippen LogP contribution < -0.4 is 4.74 Å². The summed E-state index contributed by atoms with van der Waals surface area (Å²) in [6.07, 6.45) is 3.28. The summed E-state index contributed by atoms with van der Waals surface area (Å²) < 4.78 is 11.9. The number of nitrogens with zero attached hydrogens (tertiary/aromatic N) is 1. The molecule has 1 aromatic carbocycles. The van der Waals surface area contributed by atoms with Gasteiger partial charge in [0.2, 0.25) is 0 Å². The summed E-state index contributed by atoms with van der Waals surface area (Å²) >= 11 is 0. The molecule has 1 amide bonds. The van der Waals surface area contributed by atoms with E-state index in [0.29, 0.717) is 23.8 Å². The van der Waals surface area contributed by atoms with Gasteiger partial charge in [0, 0.05) is 6.54 Å². The van der Waals surface area contributed by atoms with Crippen LogP contribution in [-0.2, 0) is 14.3 Å². The Bertz CT molecular complexity index is 832. The average Bonchev–Trinajstić information content (AvgIpc) is 3.00. The average molecular weight is 399 g/mol. The summed E-state index contributed by atoms with van der Waals surface area (Å²) in [4.78, 5) is 28.2. The number of rotatable bonds is 6. The Hall–Kier alpha value is -2.34. The fourth-order valence-corrected chi connectivity index (χ4v) is 4.80. The summed E-state index contributed by atoms with van der Waals surface area (Å²) in [6.45, 7) is 4.79. The fraction of sp³-hybridized carbons (Fsp3) is 0.565. The van der Waals surface area contributed by atoms with Crippen molar-refractivity contribution < 1.29 is 24.2 Å². The number of ether oxygens (including phenoxy) is 2. The zero-order valence-corrected chi connectivity index (χ0v) is 17.1. The number of β-amino-alcohol motifs (C(OH)–C–C–N with tert-alkyl or cyclic N) is 1. The van der Waals surface area contributed by atoms with Crippen LogP contribution in [-0.4, -0.2) is 47.6 Å². The molecule has 6 nitrogen and oxygen atoms in total. The SMILES string of the molecule is CCCOc1cccc(C2C3=C(OC4CCC(C)CC4C3=O)C(=O)N2CCO)c1. The monoisotopic (exact) mass is 399 g/mol. The molecule has 1 aromatic rings. The second kappa shape index (κ2) is 8.19. The molecule has 0 bridgehead atoms. The van der Waals surface area contributed by atoms with E-state index in [-0.39, 0.29) is 42.6 Å². The molecule has 4 atom stereocenters. The van der Waals surface area contributed by atoms with Gasteiger partial charge in [0.1, 0.15) is 11.9 Å². The third kappa shape index (κ3) is 3.54. The molecule has 1 fully saturated rings. The summed E-state index contributed by atoms with van der Waals surface area (Å²) in [5.41, 5.74) is 1.26. The Kier molecular flexibility index (Phi) is 5.63. The molecule has 156 valence electrons. The molecule has 4 rings (SSSR count). The topological polar surface area (TPSA) is 76.1 Å². The predicted octanol–water partition coefficient (Wildman–Crippen LogP) is 3.01. The third-order valence-corrected chi connectivity index (χ3v) is 6.19. The van der Waals surface area contributed by atoms with E-state index >= 15 is 0 Å². The molecule has 29 heavy (non-hydrogen) atoms. The van der Waals surface area contributed by atoms with E-state index in [1.165, 1.54) is 0 Å². The zero-order chi connectivity index (χ0) is 20.5. The van der Waals surface area contributed by atoms with Crippen molar-refractivity contribution in [2.45, 2.75) is 51.7 Å². The van der Waals surface area contributed by atoms with E-state index in [2.05, 4.69) is 6.92 Å². The van der Waals surface area contributed by atoms with Crippen molar-refractivity contribution in [1.82, 2.24) is 4.90 Å². The molecule has 3 aliphatic rings. The van der Waals surface area contributed by atoms with Crippen molar-refractivity contribution in [3.05, 3.63) is 41.2 Å². The highest BCUT2D eigenvalue weighted by molar-refractivity contribution is 6.11. The molecule has 1 N–H and O–H groups in total. The van der Waals surface area contributed by atoms with Gasteiger partial charge in [-0.15, -0.1) is 0 Å². The molecular formula is C23H29NO5. The quantitative estimate of drug-likeness (QED) is 0.796. The number of amides is 1. The molecule has 0 saturated heterocycles. The Balaban J connectivity index is 1.73. The van der Waals surface area contributed by atoms with Crippen LogP contribution in [0.3, 0.4) is 0 Å². The van der Waals surface area contributed by atoms with Crippen LogP contribution in [0.25, 0.3) is 0 Å². The molecule has 6 heteroatoms. The fourth-order valence-electron chi connectivity index (χ4n) is 4.80. The van der Waals surface area contributed by atoms with Gasteiger partial charge >= 0.3 is 0 Å². The van der Waals surface area contributed by atoms with Gasteiger partial charge in [-0.05, 0) is 49.3 Å². The smallest absolute Gasteiger partial charge is 0.290 e. The van der Waals surface area contributed by atoms with Gasteiger partial charge < -0.3 is 19.5 Å². The standard InChI is InChI=1S/C23H29NO5/c1-3-11-28-16-6-4-5-15(13-16)20-19-21(26)17-12-14(2)7-8-18(17)29-22(19)23(27)24(20)9-10-25/h4-6,13-14,17-18,20,25H,3,7-12H2,1-2H3. The van der Waals surface area contributed by atoms with E-state index in [1.54, 1.807) is 4.90 Å². The molecule has 0 spiro atoms. The molecule has 1 saturated carbocycles. The van der Waals surface area contributed by atoms with Crippen molar-refractivity contribution >= 4 is 11.7 Å². The molecule has 1 aliphatic carbocycles. The summed E-state index contributed by atoms with van der Waals surface area (Å²) in [5.74, 6) is 0.903. The van der Waals surface area contributed by atoms with Crippen molar-refractivity contribution in [2.75, 3.05) is 19.8 Å². The molecule has 2 aliphatic heterocycles. The normalized spacial score (nSPS) is 28.9. The summed E-state index contributed by atoms with van der Waals surface area (Å²) in [7, 11) is 0. The first kappa shape index (κ1) is 20.0. The van der Waals surface area contributed by atoms with Crippen molar-refractivity contribution in [1.29, 1.82) is 0 Å². The van der Waals surface area contributed by atoms with Crippen LogP contribution in [0.1, 0.15) is 51.1 Å². The van der Waals surface area contributed by atoms with Crippen LogP contribution >= 0.6 is 0 Å². The Morgan fingerprint density at radius 2 is 2.10 bits per heavy atom. The highest BCUT2D eigenvalue weighted by atomic mass is 16.5. The van der Waals surface area contributed by atoms with Crippen LogP contribution in [0.2, 0.25) is 0 Å². The molecule has 2 heterocycles. The van der Waals surface area contributed by atoms with Crippen LogP contribution in [0, 0.1) is 11.8 Å². The second-order valence-corrected chi connectivity index (χ2v) is 8.33. The zero-order valence-electron chi connectivity index (χ0n) is 17.1. The van der Waals surface area contributed by atoms with E-state index in [1.807, 2.05) is 31.2 Å². The van der Waals surface area contributed by atoms with Gasteiger partial charge in [-0.25, -0.2) is 0 Å². The highest BCUT2D eigenvalue weighted by Crippen LogP contribution is 2.47. The van der Waals surface area contributed by atoms with E-state index < -0.39 is 6.04 Å². The number of aliphatic hydroxyl groups is 1. The minimum absolute atomic E-state index is 0.0291. The number of carbonyl (C=O) groups is 2. The van der Waals surface area contributed by atoms with Gasteiger partial charge in [-0.3, -0.25) is 9.59 Å². The van der Waals surface area contributed by atoms with Crippen molar-refractivity contribution in [3.63, 3.8) is 0 Å². The van der Waals surface area contributed by atoms with E-state index in [0.717, 1.165) is 31.2 Å². The van der Waals surface area contributed by atoms with Gasteiger partial charge in [-0.1, -0.05) is 26.0 Å². The Morgan fingerprint density at radius 1 is 1.28 bits per heavy atom. The maximum atomic E-state index is 13.5. The van der Waals surface area contributed by atoms with Crippen molar-refractivity contribution in [3.8, 4) is 5.75 Å². The van der Waals surface area contributed by atoms with E-state index in [4.69, 9.17) is 9.47 Å². The van der Waals surface area contributed by atoms with Crippen molar-refractivity contribution in [2.24, 2.45) is 11.8 Å². The number of ketones is 1. The summed E-state index contributed by atoms with van der Waals surface area (Å²) in [6, 6.07) is 7.00. The lowest BCUT2D eigenvalue weighted by Gasteiger charge is -2.37. The highest BCUT2D eigenvalue weighted by Gasteiger charge is 2.52. The number of hydrogen-bond donors (Lipinski definition) is 1. The number of Topliss-reactive ketones (excluding diaryl/α,β-unsaturated/α-hetero) is 1. The lowest BCUT2D eigenvalue weighted by Crippen LogP contribution is -2.41. The first-order chi connectivity index (χ1) is 14.0. The lowest BCUT2D eigenvalue weighted by atomic mass is 9.74. The second-order valence-electron chi connectivity index (χ2n) is 8.33. The Morgan fingerprint density at radius 3 is 2.86 bits per heavy atom. The lowest BCUT2D eigenvalue weighted by molar-refractivity contribution is -0.136. The number of aliphatic hydroxyl groups excluding tert-OH is 1. The number of benzene rings is 1. The van der Waals surface area contributed by atoms with Crippen LogP contribution in [0.15, 0.2) is 35.6 Å². The predicted molar refractivity (Wildman–Crippen MR) is 107 cm³/mol. The minimum atomic E-state index is -0.541. The molecular weight excluding hydrogens is 370 g/mol. The minimum Gasteiger partial charge on any atom is -0.494 e. The largest absolute Gasteiger partial charge is 0.494 e. The van der Waals surface area contributed by atoms with Gasteiger partial charge in [0.15, 0.2) is 11.5 Å². The molecule has 4 unspecified atom stereocenters. The van der Waals surface area contributed by atoms with Crippen LogP contribution in [0.5, 0.6) is 5.75 Å². The van der Waals surface area contributed by atoms with E-state index in [9.17, 15) is 14.7 Å². The number of hydrogen-bond acceptors (Lipinski definition) is 5. The van der Waals surface area contributed by atoms with Gasteiger partial charge in [-0.2, -0.15) is 0 Å². The first-order valence-electron chi connectivity index (χ1n) is 10.6. The maximum Gasteiger partial charge on any atom is 0.290 e.